The van der Waals surface area contributed by atoms with E-state index >= 15 is 0 Å². The smallest absolute Gasteiger partial charge is 0.257 e. The molecule has 0 bridgehead atoms. The first-order chi connectivity index (χ1) is 15.6. The normalized spacial score (nSPS) is 13.6. The molecule has 1 aliphatic rings. The van der Waals surface area contributed by atoms with E-state index in [1.165, 1.54) is 0 Å². The first-order valence-electron chi connectivity index (χ1n) is 10.5. The first-order valence-corrected chi connectivity index (χ1v) is 10.9. The van der Waals surface area contributed by atoms with Crippen molar-refractivity contribution in [1.29, 1.82) is 0 Å². The van der Waals surface area contributed by atoms with E-state index in [4.69, 9.17) is 18.2 Å². The van der Waals surface area contributed by atoms with Crippen LogP contribution in [0.1, 0.15) is 22.3 Å². The minimum Gasteiger partial charge on any atom is -0.294 e. The van der Waals surface area contributed by atoms with Crippen LogP contribution in [0.3, 0.4) is 0 Å². The molecule has 32 heavy (non-hydrogen) atoms. The number of hydrogen-bond donors (Lipinski definition) is 0. The van der Waals surface area contributed by atoms with Crippen LogP contribution in [0, 0.1) is 6.57 Å². The van der Waals surface area contributed by atoms with Gasteiger partial charge in [-0.15, -0.1) is 0 Å². The van der Waals surface area contributed by atoms with Gasteiger partial charge in [-0.2, -0.15) is 0 Å². The van der Waals surface area contributed by atoms with Crippen molar-refractivity contribution in [3.05, 3.63) is 116 Å². The van der Waals surface area contributed by atoms with Crippen LogP contribution in [0.25, 0.3) is 15.9 Å². The molecule has 158 valence electrons. The summed E-state index contributed by atoms with van der Waals surface area (Å²) in [6.07, 6.45) is 2.54. The lowest BCUT2D eigenvalue weighted by Gasteiger charge is -2.30. The van der Waals surface area contributed by atoms with E-state index in [1.54, 1.807) is 10.8 Å². The summed E-state index contributed by atoms with van der Waals surface area (Å²) in [6.45, 7) is 9.85. The average molecular weight is 441 g/mol. The number of nitrogens with zero attached hydrogens (tertiary/aromatic N) is 4. The first kappa shape index (κ1) is 20.4. The second kappa shape index (κ2) is 8.58. The zero-order chi connectivity index (χ0) is 22.1. The second-order valence-electron chi connectivity index (χ2n) is 8.09. The summed E-state index contributed by atoms with van der Waals surface area (Å²) in [4.78, 5) is 24.0. The maximum Gasteiger partial charge on any atom is 0.257 e. The van der Waals surface area contributed by atoms with Crippen LogP contribution in [0.5, 0.6) is 0 Å². The summed E-state index contributed by atoms with van der Waals surface area (Å²) >= 11 is 6.03. The van der Waals surface area contributed by atoms with Gasteiger partial charge in [0.2, 0.25) is 0 Å². The third-order valence-corrected chi connectivity index (χ3v) is 6.25. The topological polar surface area (TPSA) is 42.5 Å². The van der Waals surface area contributed by atoms with Crippen molar-refractivity contribution < 1.29 is 0 Å². The number of hydrogen-bond acceptors (Lipinski definition) is 3. The molecule has 2 aromatic carbocycles. The van der Waals surface area contributed by atoms with Gasteiger partial charge in [-0.25, -0.2) is 9.83 Å². The fourth-order valence-electron chi connectivity index (χ4n) is 4.46. The highest BCUT2D eigenvalue weighted by molar-refractivity contribution is 6.30. The second-order valence-corrected chi connectivity index (χ2v) is 8.53. The van der Waals surface area contributed by atoms with Crippen LogP contribution in [0.4, 0.5) is 5.69 Å². The zero-order valence-electron chi connectivity index (χ0n) is 17.5. The molecule has 0 unspecified atom stereocenters. The Bertz CT molecular complexity index is 1400. The molecule has 0 fully saturated rings. The minimum atomic E-state index is 0.0146. The minimum absolute atomic E-state index is 0.0146. The molecule has 0 N–H and O–H groups in total. The van der Waals surface area contributed by atoms with Crippen molar-refractivity contribution >= 4 is 28.3 Å². The van der Waals surface area contributed by atoms with Crippen molar-refractivity contribution in [3.8, 4) is 0 Å². The van der Waals surface area contributed by atoms with Gasteiger partial charge in [0.05, 0.1) is 13.1 Å². The van der Waals surface area contributed by atoms with Gasteiger partial charge in [0, 0.05) is 41.8 Å². The molecule has 3 heterocycles. The van der Waals surface area contributed by atoms with Crippen LogP contribution in [0.2, 0.25) is 5.02 Å². The van der Waals surface area contributed by atoms with Gasteiger partial charge >= 0.3 is 0 Å². The van der Waals surface area contributed by atoms with Crippen LogP contribution in [-0.4, -0.2) is 21.0 Å². The van der Waals surface area contributed by atoms with Crippen LogP contribution >= 0.6 is 11.6 Å². The van der Waals surface area contributed by atoms with Crippen LogP contribution in [0.15, 0.2) is 71.7 Å². The molecular formula is C26H21ClN4O. The van der Waals surface area contributed by atoms with Crippen molar-refractivity contribution in [1.82, 2.24) is 14.5 Å². The number of benzene rings is 2. The Labute approximate surface area is 191 Å². The van der Waals surface area contributed by atoms with E-state index in [0.717, 1.165) is 46.3 Å². The molecule has 2 aromatic heterocycles. The molecule has 0 saturated carbocycles. The molecule has 0 aliphatic carbocycles. The molecule has 0 amide bonds. The van der Waals surface area contributed by atoms with Gasteiger partial charge in [0.15, 0.2) is 5.69 Å². The van der Waals surface area contributed by atoms with Gasteiger partial charge in [-0.05, 0) is 47.4 Å². The monoisotopic (exact) mass is 440 g/mol. The van der Waals surface area contributed by atoms with Gasteiger partial charge < -0.3 is 0 Å². The van der Waals surface area contributed by atoms with E-state index in [1.807, 2.05) is 54.6 Å². The summed E-state index contributed by atoms with van der Waals surface area (Å²) in [5.41, 5.74) is 5.43. The number of fused-ring (bicyclic) bond motifs is 3. The van der Waals surface area contributed by atoms with Gasteiger partial charge in [-0.1, -0.05) is 48.0 Å². The van der Waals surface area contributed by atoms with Crippen molar-refractivity contribution in [2.24, 2.45) is 0 Å². The van der Waals surface area contributed by atoms with E-state index in [2.05, 4.69) is 20.8 Å². The highest BCUT2D eigenvalue weighted by atomic mass is 35.5. The Morgan fingerprint density at radius 3 is 2.66 bits per heavy atom. The van der Waals surface area contributed by atoms with E-state index in [9.17, 15) is 4.79 Å². The predicted molar refractivity (Wildman–Crippen MR) is 127 cm³/mol. The van der Waals surface area contributed by atoms with Crippen LogP contribution in [-0.2, 0) is 26.1 Å². The number of aromatic nitrogens is 2. The molecule has 5 rings (SSSR count). The molecule has 6 heteroatoms. The Morgan fingerprint density at radius 2 is 1.84 bits per heavy atom. The average Bonchev–Trinajstić information content (AvgIpc) is 2.83. The van der Waals surface area contributed by atoms with Gasteiger partial charge in [-0.3, -0.25) is 14.3 Å². The Morgan fingerprint density at radius 1 is 1.00 bits per heavy atom. The molecule has 5 nitrogen and oxygen atoms in total. The maximum absolute atomic E-state index is 13.6. The lowest BCUT2D eigenvalue weighted by Crippen LogP contribution is -2.37. The quantitative estimate of drug-likeness (QED) is 0.409. The van der Waals surface area contributed by atoms with Gasteiger partial charge in [0.25, 0.3) is 5.56 Å². The largest absolute Gasteiger partial charge is 0.294 e. The van der Waals surface area contributed by atoms with Crippen molar-refractivity contribution in [2.75, 3.05) is 6.54 Å². The maximum atomic E-state index is 13.6. The number of pyridine rings is 2. The SMILES string of the molecule is [C-]#[N+]c1cccc(CN2CCc3c(c(=O)n(Cc4ccc(Cl)cc4)c4ncccc34)C2)c1. The molecular weight excluding hydrogens is 420 g/mol. The Hall–Kier alpha value is -3.46. The summed E-state index contributed by atoms with van der Waals surface area (Å²) in [5.74, 6) is 0. The van der Waals surface area contributed by atoms with E-state index < -0.39 is 0 Å². The Balaban J connectivity index is 1.53. The zero-order valence-corrected chi connectivity index (χ0v) is 18.2. The van der Waals surface area contributed by atoms with Crippen LogP contribution < -0.4 is 5.56 Å². The van der Waals surface area contributed by atoms with E-state index in [-0.39, 0.29) is 5.56 Å². The highest BCUT2D eigenvalue weighted by Crippen LogP contribution is 2.26. The van der Waals surface area contributed by atoms with E-state index in [0.29, 0.717) is 30.3 Å². The highest BCUT2D eigenvalue weighted by Gasteiger charge is 2.24. The van der Waals surface area contributed by atoms with Gasteiger partial charge in [0.1, 0.15) is 5.65 Å². The fraction of sp³-hybridized carbons (Fsp3) is 0.192. The third-order valence-electron chi connectivity index (χ3n) is 5.99. The number of rotatable bonds is 4. The predicted octanol–water partition coefficient (Wildman–Crippen LogP) is 5.21. The molecule has 0 atom stereocenters. The molecule has 0 saturated heterocycles. The lowest BCUT2D eigenvalue weighted by molar-refractivity contribution is 0.244. The molecule has 0 radical (unpaired) electrons. The summed E-state index contributed by atoms with van der Waals surface area (Å²) in [5, 5.41) is 1.72. The lowest BCUT2D eigenvalue weighted by atomic mass is 9.97. The van der Waals surface area contributed by atoms with Crippen molar-refractivity contribution in [3.63, 3.8) is 0 Å². The van der Waals surface area contributed by atoms with Crippen molar-refractivity contribution in [2.45, 2.75) is 26.1 Å². The summed E-state index contributed by atoms with van der Waals surface area (Å²) in [7, 11) is 0. The molecule has 1 aliphatic heterocycles. The standard InChI is InChI=1S/C26H21ClN4O/c1-28-21-5-2-4-19(14-21)15-30-13-11-22-23-6-3-12-29-25(23)31(26(32)24(22)17-30)16-18-7-9-20(27)10-8-18/h2-10,12,14H,11,13,15-17H2. The molecule has 4 aromatic rings. The third kappa shape index (κ3) is 3.91. The Kier molecular flexibility index (Phi) is 5.48. The number of halogens is 1. The fourth-order valence-corrected chi connectivity index (χ4v) is 4.58. The summed E-state index contributed by atoms with van der Waals surface area (Å²) in [6, 6.07) is 19.3. The molecule has 0 spiro atoms. The summed E-state index contributed by atoms with van der Waals surface area (Å²) < 4.78 is 1.78.